The van der Waals surface area contributed by atoms with Gasteiger partial charge in [0.2, 0.25) is 0 Å². The highest BCUT2D eigenvalue weighted by molar-refractivity contribution is 5.08. The second-order valence-electron chi connectivity index (χ2n) is 1.21. The van der Waals surface area contributed by atoms with Gasteiger partial charge in [-0.1, -0.05) is 12.2 Å². The van der Waals surface area contributed by atoms with Gasteiger partial charge in [-0.15, -0.1) is 0 Å². The second-order valence-corrected chi connectivity index (χ2v) is 1.21. The molecule has 0 saturated heterocycles. The van der Waals surface area contributed by atoms with Gasteiger partial charge in [0.1, 0.15) is 0 Å². The van der Waals surface area contributed by atoms with Crippen LogP contribution < -0.4 is 5.73 Å². The van der Waals surface area contributed by atoms with E-state index in [0.717, 1.165) is 5.57 Å². The maximum Gasteiger partial charge on any atom is 0 e. The van der Waals surface area contributed by atoms with Crippen LogP contribution in [0.5, 0.6) is 0 Å². The summed E-state index contributed by atoms with van der Waals surface area (Å²) in [6, 6.07) is 0. The Kier molecular flexibility index (Phi) is 2.21. The third-order valence-electron chi connectivity index (χ3n) is 0.381. The fourth-order valence-electron chi connectivity index (χ4n) is 0.164. The Morgan fingerprint density at radius 2 is 2.50 bits per heavy atom. The molecule has 0 fully saturated rings. The molecule has 0 atom stereocenters. The van der Waals surface area contributed by atoms with Crippen LogP contribution in [0.15, 0.2) is 24.4 Å². The third kappa shape index (κ3) is 3.28. The first-order chi connectivity index (χ1) is 2.77. The Labute approximate surface area is 39.6 Å². The van der Waals surface area contributed by atoms with Gasteiger partial charge in [0.25, 0.3) is 0 Å². The average molecular weight is 85.1 g/mol. The largest absolute Gasteiger partial charge is 0.405 e. The van der Waals surface area contributed by atoms with Crippen molar-refractivity contribution in [2.75, 3.05) is 0 Å². The summed E-state index contributed by atoms with van der Waals surface area (Å²) in [5.74, 6) is 0. The molecule has 0 spiro atoms. The van der Waals surface area contributed by atoms with Crippen LogP contribution in [0, 0.1) is 0 Å². The molecule has 0 aromatic heterocycles. The van der Waals surface area contributed by atoms with Crippen molar-refractivity contribution in [3.63, 3.8) is 0 Å². The average Bonchev–Trinajstić information content (AvgIpc) is 1.35. The van der Waals surface area contributed by atoms with Crippen molar-refractivity contribution in [3.8, 4) is 0 Å². The number of rotatable bonds is 1. The van der Waals surface area contributed by atoms with Crippen LogP contribution in [0.1, 0.15) is 8.35 Å². The molecule has 0 amide bonds. The lowest BCUT2D eigenvalue weighted by Crippen LogP contribution is -1.74. The Morgan fingerprint density at radius 1 is 2.00 bits per heavy atom. The lowest BCUT2D eigenvalue weighted by molar-refractivity contribution is 1.50. The van der Waals surface area contributed by atoms with E-state index in [0.29, 0.717) is 0 Å². The Balaban J connectivity index is 0. The summed E-state index contributed by atoms with van der Waals surface area (Å²) < 4.78 is 0. The van der Waals surface area contributed by atoms with Crippen molar-refractivity contribution in [2.24, 2.45) is 5.73 Å². The molecular weight excluding hydrogens is 74.1 g/mol. The number of nitrogens with two attached hydrogens (primary N) is 1. The Bertz CT molecular complexity index is 76.1. The maximum atomic E-state index is 4.99. The van der Waals surface area contributed by atoms with E-state index in [1.54, 1.807) is 6.08 Å². The minimum absolute atomic E-state index is 0. The van der Waals surface area contributed by atoms with Crippen LogP contribution in [0.25, 0.3) is 0 Å². The van der Waals surface area contributed by atoms with Gasteiger partial charge in [-0.25, -0.2) is 0 Å². The predicted molar refractivity (Wildman–Crippen MR) is 30.3 cm³/mol. The standard InChI is InChI=1S/C5H9N.H2/c1-5(2)3-4-6;/h3-4H,1,6H2,2H3;1H/b4-3+;. The van der Waals surface area contributed by atoms with Crippen LogP contribution in [0.3, 0.4) is 0 Å². The van der Waals surface area contributed by atoms with E-state index in [1.807, 2.05) is 6.92 Å². The smallest absolute Gasteiger partial charge is 0 e. The fraction of sp³-hybridized carbons (Fsp3) is 0.200. The van der Waals surface area contributed by atoms with Gasteiger partial charge in [0, 0.05) is 1.43 Å². The summed E-state index contributed by atoms with van der Waals surface area (Å²) in [6.45, 7) is 5.47. The first kappa shape index (κ1) is 5.28. The highest BCUT2D eigenvalue weighted by atomic mass is 14.5. The molecule has 0 aromatic rings. The van der Waals surface area contributed by atoms with E-state index in [4.69, 9.17) is 5.73 Å². The third-order valence-corrected chi connectivity index (χ3v) is 0.381. The molecule has 36 valence electrons. The van der Waals surface area contributed by atoms with Gasteiger partial charge in [-0.05, 0) is 19.2 Å². The molecular formula is C5H11N. The van der Waals surface area contributed by atoms with Gasteiger partial charge in [-0.2, -0.15) is 0 Å². The van der Waals surface area contributed by atoms with Gasteiger partial charge in [0.05, 0.1) is 0 Å². The lowest BCUT2D eigenvalue weighted by atomic mass is 10.3. The summed E-state index contributed by atoms with van der Waals surface area (Å²) in [4.78, 5) is 0. The fourth-order valence-corrected chi connectivity index (χ4v) is 0.164. The summed E-state index contributed by atoms with van der Waals surface area (Å²) in [5.41, 5.74) is 5.97. The van der Waals surface area contributed by atoms with Crippen LogP contribution in [0.2, 0.25) is 0 Å². The van der Waals surface area contributed by atoms with E-state index in [-0.39, 0.29) is 1.43 Å². The molecule has 0 aromatic carbocycles. The van der Waals surface area contributed by atoms with Gasteiger partial charge < -0.3 is 5.73 Å². The Hall–Kier alpha value is -0.720. The molecule has 0 rings (SSSR count). The molecule has 2 N–H and O–H groups in total. The molecule has 0 saturated carbocycles. The van der Waals surface area contributed by atoms with Crippen molar-refractivity contribution in [3.05, 3.63) is 24.4 Å². The molecule has 0 aliphatic carbocycles. The van der Waals surface area contributed by atoms with Crippen LogP contribution in [-0.4, -0.2) is 0 Å². The van der Waals surface area contributed by atoms with Crippen molar-refractivity contribution >= 4 is 0 Å². The monoisotopic (exact) mass is 85.1 g/mol. The topological polar surface area (TPSA) is 26.0 Å². The molecule has 0 bridgehead atoms. The normalized spacial score (nSPS) is 9.50. The van der Waals surface area contributed by atoms with Crippen LogP contribution in [0.4, 0.5) is 0 Å². The molecule has 0 radical (unpaired) electrons. The first-order valence-electron chi connectivity index (χ1n) is 1.81. The molecule has 1 nitrogen and oxygen atoms in total. The SMILES string of the molecule is C=C(C)/C=C/N.[HH]. The van der Waals surface area contributed by atoms with E-state index in [1.165, 1.54) is 6.20 Å². The van der Waals surface area contributed by atoms with E-state index in [9.17, 15) is 0 Å². The molecule has 0 unspecified atom stereocenters. The molecule has 6 heavy (non-hydrogen) atoms. The van der Waals surface area contributed by atoms with E-state index in [2.05, 4.69) is 6.58 Å². The molecule has 0 heterocycles. The lowest BCUT2D eigenvalue weighted by Gasteiger charge is -1.76. The quantitative estimate of drug-likeness (QED) is 0.477. The number of hydrogen-bond donors (Lipinski definition) is 1. The zero-order chi connectivity index (χ0) is 4.99. The zero-order valence-corrected chi connectivity index (χ0v) is 3.94. The van der Waals surface area contributed by atoms with Gasteiger partial charge >= 0.3 is 0 Å². The molecule has 0 aliphatic heterocycles. The molecule has 1 heteroatoms. The van der Waals surface area contributed by atoms with Crippen LogP contribution in [-0.2, 0) is 0 Å². The van der Waals surface area contributed by atoms with Gasteiger partial charge in [0.15, 0.2) is 0 Å². The van der Waals surface area contributed by atoms with E-state index >= 15 is 0 Å². The summed E-state index contributed by atoms with van der Waals surface area (Å²) in [6.07, 6.45) is 3.22. The predicted octanol–water partition coefficient (Wildman–Crippen LogP) is 1.28. The van der Waals surface area contributed by atoms with Gasteiger partial charge in [-0.3, -0.25) is 0 Å². The summed E-state index contributed by atoms with van der Waals surface area (Å²) in [7, 11) is 0. The highest BCUT2D eigenvalue weighted by Gasteiger charge is 1.64. The zero-order valence-electron chi connectivity index (χ0n) is 3.94. The molecule has 0 aliphatic rings. The highest BCUT2D eigenvalue weighted by Crippen LogP contribution is 1.83. The Morgan fingerprint density at radius 3 is 2.50 bits per heavy atom. The summed E-state index contributed by atoms with van der Waals surface area (Å²) in [5, 5.41) is 0. The second kappa shape index (κ2) is 2.51. The number of hydrogen-bond acceptors (Lipinski definition) is 1. The van der Waals surface area contributed by atoms with Crippen molar-refractivity contribution in [1.29, 1.82) is 0 Å². The van der Waals surface area contributed by atoms with Crippen molar-refractivity contribution in [2.45, 2.75) is 6.92 Å². The maximum absolute atomic E-state index is 4.99. The minimum Gasteiger partial charge on any atom is -0.405 e. The number of allylic oxidation sites excluding steroid dienone is 2. The van der Waals surface area contributed by atoms with Crippen LogP contribution >= 0.6 is 0 Å². The first-order valence-corrected chi connectivity index (χ1v) is 1.81. The summed E-state index contributed by atoms with van der Waals surface area (Å²) >= 11 is 0. The van der Waals surface area contributed by atoms with Crippen molar-refractivity contribution < 1.29 is 1.43 Å². The van der Waals surface area contributed by atoms with E-state index < -0.39 is 0 Å². The van der Waals surface area contributed by atoms with Crippen molar-refractivity contribution in [1.82, 2.24) is 0 Å². The minimum atomic E-state index is 0.